The summed E-state index contributed by atoms with van der Waals surface area (Å²) in [6, 6.07) is 26.4. The van der Waals surface area contributed by atoms with Crippen LogP contribution in [0.25, 0.3) is 0 Å². The molecular weight excluding hydrogens is 929 g/mol. The second-order valence-corrected chi connectivity index (χ2v) is 19.8. The smallest absolute Gasteiger partial charge is 0.343 e. The number of hydrogen-bond donors (Lipinski definition) is 0. The number of unbranched alkanes of at least 4 members (excludes halogenated alkanes) is 27. The van der Waals surface area contributed by atoms with E-state index in [1.54, 1.807) is 97.1 Å². The molecule has 0 bridgehead atoms. The molecule has 0 heterocycles. The molecule has 406 valence electrons. The summed E-state index contributed by atoms with van der Waals surface area (Å²) < 4.78 is 33.7. The Morgan fingerprint density at radius 2 is 0.500 bits per heavy atom. The van der Waals surface area contributed by atoms with Gasteiger partial charge in [0.05, 0.1) is 24.3 Å². The van der Waals surface area contributed by atoms with Crippen molar-refractivity contribution in [1.82, 2.24) is 0 Å². The first kappa shape index (κ1) is 60.9. The fraction of sp³-hybridized carbons (Fsp3) is 0.562. The molecule has 0 radical (unpaired) electrons. The predicted octanol–water partition coefficient (Wildman–Crippen LogP) is 17.9. The summed E-state index contributed by atoms with van der Waals surface area (Å²) in [7, 11) is 0. The van der Waals surface area contributed by atoms with Crippen molar-refractivity contribution in [2.24, 2.45) is 0 Å². The monoisotopic (exact) mass is 1020 g/mol. The number of rotatable bonds is 43. The highest BCUT2D eigenvalue weighted by molar-refractivity contribution is 5.91. The van der Waals surface area contributed by atoms with Gasteiger partial charge in [-0.15, -0.1) is 0 Å². The van der Waals surface area contributed by atoms with E-state index in [4.69, 9.17) is 28.4 Å². The van der Waals surface area contributed by atoms with Gasteiger partial charge in [0.2, 0.25) is 0 Å². The molecule has 4 aromatic rings. The zero-order valence-corrected chi connectivity index (χ0v) is 45.4. The van der Waals surface area contributed by atoms with Crippen LogP contribution in [0.5, 0.6) is 34.5 Å². The van der Waals surface area contributed by atoms with Gasteiger partial charge in [0.1, 0.15) is 34.5 Å². The lowest BCUT2D eigenvalue weighted by atomic mass is 10.0. The maximum absolute atomic E-state index is 12.8. The average Bonchev–Trinajstić information content (AvgIpc) is 3.41. The highest BCUT2D eigenvalue weighted by Crippen LogP contribution is 2.24. The molecule has 0 unspecified atom stereocenters. The minimum Gasteiger partial charge on any atom is -0.494 e. The van der Waals surface area contributed by atoms with E-state index in [1.165, 1.54) is 154 Å². The minimum absolute atomic E-state index is 0.110. The molecule has 0 atom stereocenters. The molecule has 0 saturated carbocycles. The Hall–Kier alpha value is -5.64. The molecule has 0 N–H and O–H groups in total. The Labute approximate surface area is 445 Å². The van der Waals surface area contributed by atoms with E-state index in [0.29, 0.717) is 60.2 Å². The van der Waals surface area contributed by atoms with Gasteiger partial charge in [-0.05, 0) is 123 Å². The molecule has 0 aliphatic heterocycles. The molecule has 10 heteroatoms. The van der Waals surface area contributed by atoms with Gasteiger partial charge in [-0.1, -0.05) is 181 Å². The van der Waals surface area contributed by atoms with Crippen molar-refractivity contribution < 1.29 is 47.6 Å². The van der Waals surface area contributed by atoms with Gasteiger partial charge in [-0.25, -0.2) is 9.59 Å². The first-order chi connectivity index (χ1) is 36.3. The van der Waals surface area contributed by atoms with Crippen LogP contribution in [0.2, 0.25) is 0 Å². The summed E-state index contributed by atoms with van der Waals surface area (Å²) in [5.74, 6) is 0.821. The molecule has 0 amide bonds. The van der Waals surface area contributed by atoms with Gasteiger partial charge >= 0.3 is 23.9 Å². The van der Waals surface area contributed by atoms with Crippen LogP contribution in [0.1, 0.15) is 240 Å². The van der Waals surface area contributed by atoms with E-state index in [0.717, 1.165) is 37.2 Å². The Morgan fingerprint density at radius 3 is 0.770 bits per heavy atom. The third-order valence-electron chi connectivity index (χ3n) is 13.3. The average molecular weight is 1020 g/mol. The first-order valence-electron chi connectivity index (χ1n) is 28.8. The van der Waals surface area contributed by atoms with E-state index in [1.807, 2.05) is 0 Å². The number of hydrogen-bond acceptors (Lipinski definition) is 10. The Bertz CT molecular complexity index is 1930. The Balaban J connectivity index is 0.980. The fourth-order valence-corrected chi connectivity index (χ4v) is 8.73. The Kier molecular flexibility index (Phi) is 32.7. The van der Waals surface area contributed by atoms with Gasteiger partial charge in [-0.3, -0.25) is 9.59 Å². The lowest BCUT2D eigenvalue weighted by molar-refractivity contribution is -0.136. The number of ether oxygens (including phenoxy) is 6. The van der Waals surface area contributed by atoms with Crippen molar-refractivity contribution in [3.63, 3.8) is 0 Å². The molecule has 0 saturated heterocycles. The van der Waals surface area contributed by atoms with Crippen LogP contribution < -0.4 is 28.4 Å². The minimum atomic E-state index is -0.502. The molecule has 74 heavy (non-hydrogen) atoms. The highest BCUT2D eigenvalue weighted by atomic mass is 16.5. The molecule has 0 aliphatic rings. The van der Waals surface area contributed by atoms with Crippen LogP contribution in [0.15, 0.2) is 97.1 Å². The normalized spacial score (nSPS) is 11.0. The van der Waals surface area contributed by atoms with Crippen molar-refractivity contribution in [3.8, 4) is 34.5 Å². The van der Waals surface area contributed by atoms with E-state index in [2.05, 4.69) is 13.8 Å². The zero-order chi connectivity index (χ0) is 52.5. The van der Waals surface area contributed by atoms with E-state index < -0.39 is 23.9 Å². The van der Waals surface area contributed by atoms with Gasteiger partial charge in [0.25, 0.3) is 0 Å². The highest BCUT2D eigenvalue weighted by Gasteiger charge is 2.13. The van der Waals surface area contributed by atoms with Gasteiger partial charge in [-0.2, -0.15) is 0 Å². The number of carbonyl (C=O) groups is 4. The molecule has 4 aromatic carbocycles. The maximum Gasteiger partial charge on any atom is 0.343 e. The standard InChI is InChI=1S/C64H90O10/c1-3-5-7-9-11-13-15-17-19-21-23-25-27-31-51-69-55-39-35-53(36-40-55)63(67)73-59-47-43-57(44-48-59)71-61(65)33-29-30-34-62(66)72-58-45-49-60(50-46-58)74-64(68)54-37-41-56(42-38-54)70-52-32-28-26-24-22-20-18-16-14-12-10-8-6-4-2/h35-50H,3-34,51-52H2,1-2H3. The topological polar surface area (TPSA) is 124 Å². The Morgan fingerprint density at radius 1 is 0.270 bits per heavy atom. The number of benzene rings is 4. The van der Waals surface area contributed by atoms with Crippen LogP contribution >= 0.6 is 0 Å². The number of carbonyl (C=O) groups excluding carboxylic acids is 4. The van der Waals surface area contributed by atoms with Crippen LogP contribution in [0, 0.1) is 0 Å². The quantitative estimate of drug-likeness (QED) is 0.0240. The second kappa shape index (κ2) is 39.8. The van der Waals surface area contributed by atoms with Crippen LogP contribution in [-0.2, 0) is 9.59 Å². The van der Waals surface area contributed by atoms with Crippen molar-refractivity contribution in [3.05, 3.63) is 108 Å². The summed E-state index contributed by atoms with van der Waals surface area (Å²) in [6.45, 7) is 5.84. The molecule has 10 nitrogen and oxygen atoms in total. The van der Waals surface area contributed by atoms with Crippen molar-refractivity contribution in [2.45, 2.75) is 219 Å². The third-order valence-corrected chi connectivity index (χ3v) is 13.3. The molecule has 0 aromatic heterocycles. The van der Waals surface area contributed by atoms with Crippen molar-refractivity contribution >= 4 is 23.9 Å². The lowest BCUT2D eigenvalue weighted by Crippen LogP contribution is -2.11. The molecule has 0 aliphatic carbocycles. The van der Waals surface area contributed by atoms with Crippen molar-refractivity contribution in [1.29, 1.82) is 0 Å². The summed E-state index contributed by atoms with van der Waals surface area (Å²) in [4.78, 5) is 50.5. The summed E-state index contributed by atoms with van der Waals surface area (Å²) in [5, 5.41) is 0. The predicted molar refractivity (Wildman–Crippen MR) is 297 cm³/mol. The van der Waals surface area contributed by atoms with Crippen molar-refractivity contribution in [2.75, 3.05) is 13.2 Å². The first-order valence-corrected chi connectivity index (χ1v) is 28.8. The number of esters is 4. The third kappa shape index (κ3) is 28.7. The molecule has 0 fully saturated rings. The lowest BCUT2D eigenvalue weighted by Gasteiger charge is -2.09. The fourth-order valence-electron chi connectivity index (χ4n) is 8.73. The molecule has 0 spiro atoms. The van der Waals surface area contributed by atoms with Crippen LogP contribution in [0.4, 0.5) is 0 Å². The summed E-state index contributed by atoms with van der Waals surface area (Å²) >= 11 is 0. The van der Waals surface area contributed by atoms with Gasteiger partial charge in [0, 0.05) is 12.8 Å². The van der Waals surface area contributed by atoms with E-state index >= 15 is 0 Å². The zero-order valence-electron chi connectivity index (χ0n) is 45.4. The molecular formula is C64H90O10. The maximum atomic E-state index is 12.8. The van der Waals surface area contributed by atoms with Gasteiger partial charge < -0.3 is 28.4 Å². The second-order valence-electron chi connectivity index (χ2n) is 19.8. The van der Waals surface area contributed by atoms with E-state index in [9.17, 15) is 19.2 Å². The van der Waals surface area contributed by atoms with Crippen LogP contribution in [0.3, 0.4) is 0 Å². The van der Waals surface area contributed by atoms with Crippen LogP contribution in [-0.4, -0.2) is 37.1 Å². The largest absolute Gasteiger partial charge is 0.494 e. The van der Waals surface area contributed by atoms with Gasteiger partial charge in [0.15, 0.2) is 0 Å². The summed E-state index contributed by atoms with van der Waals surface area (Å²) in [6.07, 6.45) is 37.9. The SMILES string of the molecule is CCCCCCCCCCCCCCCCOc1ccc(C(=O)Oc2ccc(OC(=O)CCCCC(=O)Oc3ccc(OC(=O)c4ccc(OCCCCCCCCCCCCCCCC)cc4)cc3)cc2)cc1. The molecule has 4 rings (SSSR count). The summed E-state index contributed by atoms with van der Waals surface area (Å²) in [5.41, 5.74) is 0.802. The van der Waals surface area contributed by atoms with E-state index in [-0.39, 0.29) is 12.8 Å².